The highest BCUT2D eigenvalue weighted by molar-refractivity contribution is 5.99. The number of benzene rings is 1. The summed E-state index contributed by atoms with van der Waals surface area (Å²) in [4.78, 5) is 16.8. The fourth-order valence-corrected chi connectivity index (χ4v) is 2.77. The number of non-ortho nitro benzene ring substituents is 1. The molecule has 1 aromatic carbocycles. The van der Waals surface area contributed by atoms with E-state index in [0.29, 0.717) is 11.9 Å². The predicted molar refractivity (Wildman–Crippen MR) is 75.9 cm³/mol. The van der Waals surface area contributed by atoms with E-state index in [0.717, 1.165) is 30.5 Å². The van der Waals surface area contributed by atoms with Crippen molar-refractivity contribution in [2.45, 2.75) is 18.9 Å². The van der Waals surface area contributed by atoms with Gasteiger partial charge in [0.25, 0.3) is 5.69 Å². The molecule has 1 N–H and O–H groups in total. The summed E-state index contributed by atoms with van der Waals surface area (Å²) in [6.07, 6.45) is 4.55. The van der Waals surface area contributed by atoms with Gasteiger partial charge in [0, 0.05) is 42.6 Å². The van der Waals surface area contributed by atoms with E-state index in [-0.39, 0.29) is 11.8 Å². The molecular weight excluding hydrogens is 258 g/mol. The average molecular weight is 273 g/mol. The molecule has 104 valence electrons. The van der Waals surface area contributed by atoms with Crippen molar-refractivity contribution in [3.05, 3.63) is 40.7 Å². The summed E-state index contributed by atoms with van der Waals surface area (Å²) < 4.78 is 0. The van der Waals surface area contributed by atoms with Gasteiger partial charge in [-0.1, -0.05) is 0 Å². The third-order valence-electron chi connectivity index (χ3n) is 3.71. The molecule has 1 aliphatic rings. The normalized spacial score (nSPS) is 19.2. The summed E-state index contributed by atoms with van der Waals surface area (Å²) in [5.74, 6) is 0. The standard InChI is InChI=1S/C14H15N3O3/c18-10-2-1-7-16(9-10)13-3-4-14(17(19)20)12-8-15-6-5-11(12)13/h3-6,8,10,18H,1-2,7,9H2/t10-/m0/s1. The SMILES string of the molecule is O=[N+]([O-])c1ccc(N2CCC[C@H](O)C2)c2ccncc12. The zero-order chi connectivity index (χ0) is 14.1. The van der Waals surface area contributed by atoms with Crippen molar-refractivity contribution in [3.63, 3.8) is 0 Å². The van der Waals surface area contributed by atoms with Crippen LogP contribution in [0.2, 0.25) is 0 Å². The molecule has 0 bridgehead atoms. The number of nitrogens with zero attached hydrogens (tertiary/aromatic N) is 3. The van der Waals surface area contributed by atoms with Gasteiger partial charge in [0.1, 0.15) is 0 Å². The smallest absolute Gasteiger partial charge is 0.278 e. The monoisotopic (exact) mass is 273 g/mol. The fraction of sp³-hybridized carbons (Fsp3) is 0.357. The second-order valence-electron chi connectivity index (χ2n) is 5.02. The van der Waals surface area contributed by atoms with Gasteiger partial charge >= 0.3 is 0 Å². The van der Waals surface area contributed by atoms with Crippen molar-refractivity contribution in [2.24, 2.45) is 0 Å². The summed E-state index contributed by atoms with van der Waals surface area (Å²) in [6.45, 7) is 1.42. The van der Waals surface area contributed by atoms with Gasteiger partial charge in [-0.15, -0.1) is 0 Å². The number of rotatable bonds is 2. The van der Waals surface area contributed by atoms with E-state index >= 15 is 0 Å². The number of aliphatic hydroxyl groups is 1. The van der Waals surface area contributed by atoms with Crippen molar-refractivity contribution in [3.8, 4) is 0 Å². The van der Waals surface area contributed by atoms with Gasteiger partial charge in [0.2, 0.25) is 0 Å². The number of aromatic nitrogens is 1. The molecule has 20 heavy (non-hydrogen) atoms. The van der Waals surface area contributed by atoms with E-state index in [1.54, 1.807) is 18.3 Å². The van der Waals surface area contributed by atoms with Gasteiger partial charge in [-0.25, -0.2) is 0 Å². The van der Waals surface area contributed by atoms with Crippen LogP contribution in [0.15, 0.2) is 30.6 Å². The summed E-state index contributed by atoms with van der Waals surface area (Å²) in [6, 6.07) is 5.07. The van der Waals surface area contributed by atoms with Gasteiger partial charge in [0.05, 0.1) is 16.4 Å². The zero-order valence-electron chi connectivity index (χ0n) is 10.9. The van der Waals surface area contributed by atoms with Crippen LogP contribution in [0.4, 0.5) is 11.4 Å². The van der Waals surface area contributed by atoms with Gasteiger partial charge in [-0.3, -0.25) is 15.1 Å². The van der Waals surface area contributed by atoms with Crippen LogP contribution in [-0.2, 0) is 0 Å². The molecule has 0 amide bonds. The van der Waals surface area contributed by atoms with E-state index in [4.69, 9.17) is 0 Å². The summed E-state index contributed by atoms with van der Waals surface area (Å²) in [7, 11) is 0. The molecule has 2 heterocycles. The number of piperidine rings is 1. The quantitative estimate of drug-likeness (QED) is 0.669. The van der Waals surface area contributed by atoms with Gasteiger partial charge in [-0.05, 0) is 25.0 Å². The molecule has 6 heteroatoms. The lowest BCUT2D eigenvalue weighted by Gasteiger charge is -2.32. The van der Waals surface area contributed by atoms with Crippen LogP contribution in [0, 0.1) is 10.1 Å². The van der Waals surface area contributed by atoms with Crippen molar-refractivity contribution in [1.82, 2.24) is 4.98 Å². The highest BCUT2D eigenvalue weighted by Crippen LogP contribution is 2.34. The minimum Gasteiger partial charge on any atom is -0.391 e. The van der Waals surface area contributed by atoms with Crippen LogP contribution < -0.4 is 4.90 Å². The maximum absolute atomic E-state index is 11.1. The Balaban J connectivity index is 2.12. The Labute approximate surface area is 115 Å². The zero-order valence-corrected chi connectivity index (χ0v) is 10.9. The van der Waals surface area contributed by atoms with Crippen LogP contribution in [-0.4, -0.2) is 34.2 Å². The first kappa shape index (κ1) is 12.8. The lowest BCUT2D eigenvalue weighted by molar-refractivity contribution is -0.383. The van der Waals surface area contributed by atoms with Gasteiger partial charge in [-0.2, -0.15) is 0 Å². The molecule has 2 aromatic rings. The summed E-state index contributed by atoms with van der Waals surface area (Å²) in [5, 5.41) is 22.2. The fourth-order valence-electron chi connectivity index (χ4n) is 2.77. The molecule has 1 atom stereocenters. The molecule has 0 spiro atoms. The predicted octanol–water partition coefficient (Wildman–Crippen LogP) is 2.10. The molecule has 1 aliphatic heterocycles. The van der Waals surface area contributed by atoms with Crippen LogP contribution >= 0.6 is 0 Å². The number of anilines is 1. The van der Waals surface area contributed by atoms with E-state index in [1.165, 1.54) is 12.3 Å². The summed E-state index contributed by atoms with van der Waals surface area (Å²) >= 11 is 0. The first-order chi connectivity index (χ1) is 9.66. The number of aliphatic hydroxyl groups excluding tert-OH is 1. The molecule has 0 radical (unpaired) electrons. The first-order valence-corrected chi connectivity index (χ1v) is 6.61. The Kier molecular flexibility index (Phi) is 3.23. The number of fused-ring (bicyclic) bond motifs is 1. The Bertz CT molecular complexity index is 659. The van der Waals surface area contributed by atoms with E-state index in [1.807, 2.05) is 0 Å². The highest BCUT2D eigenvalue weighted by Gasteiger charge is 2.22. The Morgan fingerprint density at radius 1 is 1.35 bits per heavy atom. The molecule has 1 fully saturated rings. The van der Waals surface area contributed by atoms with Crippen LogP contribution in [0.3, 0.4) is 0 Å². The Morgan fingerprint density at radius 2 is 2.20 bits per heavy atom. The minimum absolute atomic E-state index is 0.0643. The van der Waals surface area contributed by atoms with Crippen molar-refractivity contribution in [2.75, 3.05) is 18.0 Å². The first-order valence-electron chi connectivity index (χ1n) is 6.61. The molecule has 0 unspecified atom stereocenters. The van der Waals surface area contributed by atoms with E-state index in [2.05, 4.69) is 9.88 Å². The molecular formula is C14H15N3O3. The van der Waals surface area contributed by atoms with Gasteiger partial charge in [0.15, 0.2) is 0 Å². The number of nitro groups is 1. The second-order valence-corrected chi connectivity index (χ2v) is 5.02. The topological polar surface area (TPSA) is 79.5 Å². The number of β-amino-alcohol motifs (C(OH)–C–C–N with tert-alkyl or cyclic N) is 1. The second kappa shape index (κ2) is 5.05. The molecule has 1 saturated heterocycles. The van der Waals surface area contributed by atoms with E-state index in [9.17, 15) is 15.2 Å². The lowest BCUT2D eigenvalue weighted by atomic mass is 10.0. The Morgan fingerprint density at radius 3 is 2.95 bits per heavy atom. The lowest BCUT2D eigenvalue weighted by Crippen LogP contribution is -2.38. The van der Waals surface area contributed by atoms with Gasteiger partial charge < -0.3 is 10.0 Å². The van der Waals surface area contributed by atoms with Crippen LogP contribution in [0.25, 0.3) is 10.8 Å². The average Bonchev–Trinajstić information content (AvgIpc) is 2.46. The molecule has 0 aliphatic carbocycles. The third-order valence-corrected chi connectivity index (χ3v) is 3.71. The van der Waals surface area contributed by atoms with Crippen molar-refractivity contribution >= 4 is 22.1 Å². The van der Waals surface area contributed by atoms with E-state index < -0.39 is 4.92 Å². The maximum Gasteiger partial charge on any atom is 0.278 e. The number of nitro benzene ring substituents is 1. The van der Waals surface area contributed by atoms with Crippen LogP contribution in [0.5, 0.6) is 0 Å². The maximum atomic E-state index is 11.1. The number of hydrogen-bond donors (Lipinski definition) is 1. The van der Waals surface area contributed by atoms with Crippen molar-refractivity contribution in [1.29, 1.82) is 0 Å². The number of pyridine rings is 1. The molecule has 3 rings (SSSR count). The number of hydrogen-bond acceptors (Lipinski definition) is 5. The third kappa shape index (κ3) is 2.18. The van der Waals surface area contributed by atoms with Crippen molar-refractivity contribution < 1.29 is 10.0 Å². The molecule has 1 aromatic heterocycles. The summed E-state index contributed by atoms with van der Waals surface area (Å²) in [5.41, 5.74) is 0.987. The molecule has 0 saturated carbocycles. The highest BCUT2D eigenvalue weighted by atomic mass is 16.6. The largest absolute Gasteiger partial charge is 0.391 e. The van der Waals surface area contributed by atoms with Crippen LogP contribution in [0.1, 0.15) is 12.8 Å². The molecule has 6 nitrogen and oxygen atoms in total. The Hall–Kier alpha value is -2.21. The minimum atomic E-state index is -0.390.